The Bertz CT molecular complexity index is 791. The second-order valence-electron chi connectivity index (χ2n) is 6.17. The SMILES string of the molecule is Cc1cc(C(N)=S)c(C)c(C)c1N=C1OC(=O)C2=C1CCCC2. The van der Waals surface area contributed by atoms with Crippen LogP contribution in [0, 0.1) is 20.8 Å². The Morgan fingerprint density at radius 2 is 1.83 bits per heavy atom. The topological polar surface area (TPSA) is 64.7 Å². The Morgan fingerprint density at radius 3 is 2.48 bits per heavy atom. The lowest BCUT2D eigenvalue weighted by molar-refractivity contribution is -0.130. The van der Waals surface area contributed by atoms with E-state index in [0.29, 0.717) is 10.9 Å². The first-order valence-electron chi connectivity index (χ1n) is 7.84. The summed E-state index contributed by atoms with van der Waals surface area (Å²) in [6, 6.07) is 1.96. The van der Waals surface area contributed by atoms with Crippen molar-refractivity contribution in [2.75, 3.05) is 0 Å². The average molecular weight is 328 g/mol. The van der Waals surface area contributed by atoms with Crippen LogP contribution >= 0.6 is 12.2 Å². The number of aliphatic imine (C=N–C) groups is 1. The Labute approximate surface area is 141 Å². The second kappa shape index (κ2) is 5.89. The molecular weight excluding hydrogens is 308 g/mol. The van der Waals surface area contributed by atoms with Gasteiger partial charge in [-0.15, -0.1) is 0 Å². The van der Waals surface area contributed by atoms with E-state index < -0.39 is 0 Å². The number of aryl methyl sites for hydroxylation is 1. The zero-order valence-electron chi connectivity index (χ0n) is 13.7. The number of cyclic esters (lactones) is 1. The molecule has 3 rings (SSSR count). The maximum Gasteiger partial charge on any atom is 0.341 e. The number of carbonyl (C=O) groups is 1. The number of hydrogen-bond acceptors (Lipinski definition) is 4. The molecule has 2 N–H and O–H groups in total. The van der Waals surface area contributed by atoms with Crippen LogP contribution in [0.4, 0.5) is 5.69 Å². The first-order valence-corrected chi connectivity index (χ1v) is 8.25. The quantitative estimate of drug-likeness (QED) is 0.664. The van der Waals surface area contributed by atoms with Gasteiger partial charge in [0.15, 0.2) is 0 Å². The van der Waals surface area contributed by atoms with E-state index in [2.05, 4.69) is 4.99 Å². The lowest BCUT2D eigenvalue weighted by Gasteiger charge is -2.14. The van der Waals surface area contributed by atoms with E-state index in [-0.39, 0.29) is 5.97 Å². The third-order valence-corrected chi connectivity index (χ3v) is 4.92. The van der Waals surface area contributed by atoms with Gasteiger partial charge in [-0.05, 0) is 69.2 Å². The Kier molecular flexibility index (Phi) is 4.06. The number of thiocarbonyl (C=S) groups is 1. The van der Waals surface area contributed by atoms with Gasteiger partial charge in [0.2, 0.25) is 5.90 Å². The van der Waals surface area contributed by atoms with Gasteiger partial charge in [-0.3, -0.25) is 0 Å². The van der Waals surface area contributed by atoms with E-state index >= 15 is 0 Å². The van der Waals surface area contributed by atoms with Gasteiger partial charge in [-0.1, -0.05) is 12.2 Å². The normalized spacial score (nSPS) is 19.1. The van der Waals surface area contributed by atoms with Crippen LogP contribution in [0.5, 0.6) is 0 Å². The molecule has 0 saturated heterocycles. The molecular formula is C18H20N2O2S. The van der Waals surface area contributed by atoms with Crippen molar-refractivity contribution in [2.24, 2.45) is 10.7 Å². The van der Waals surface area contributed by atoms with Crippen LogP contribution in [0.3, 0.4) is 0 Å². The number of benzene rings is 1. The van der Waals surface area contributed by atoms with Crippen LogP contribution in [-0.4, -0.2) is 16.9 Å². The molecule has 1 aromatic carbocycles. The van der Waals surface area contributed by atoms with Crippen LogP contribution in [-0.2, 0) is 9.53 Å². The van der Waals surface area contributed by atoms with Gasteiger partial charge in [0, 0.05) is 16.7 Å². The van der Waals surface area contributed by atoms with Crippen molar-refractivity contribution in [2.45, 2.75) is 46.5 Å². The fourth-order valence-electron chi connectivity index (χ4n) is 3.27. The summed E-state index contributed by atoms with van der Waals surface area (Å²) in [4.78, 5) is 17.1. The standard InChI is InChI=1S/C18H20N2O2S/c1-9-8-14(16(19)23)10(2)11(3)15(9)20-17-12-6-4-5-7-13(12)18(21)22-17/h8H,4-7H2,1-3H3,(H2,19,23). The molecule has 23 heavy (non-hydrogen) atoms. The number of rotatable bonds is 2. The second-order valence-corrected chi connectivity index (χ2v) is 6.61. The number of nitrogens with two attached hydrogens (primary N) is 1. The zero-order chi connectivity index (χ0) is 16.7. The van der Waals surface area contributed by atoms with Crippen molar-refractivity contribution in [1.82, 2.24) is 0 Å². The van der Waals surface area contributed by atoms with Crippen LogP contribution in [0.2, 0.25) is 0 Å². The molecule has 4 nitrogen and oxygen atoms in total. The van der Waals surface area contributed by atoms with Crippen LogP contribution in [0.1, 0.15) is 47.9 Å². The maximum absolute atomic E-state index is 12.0. The summed E-state index contributed by atoms with van der Waals surface area (Å²) in [7, 11) is 0. The molecule has 0 amide bonds. The van der Waals surface area contributed by atoms with E-state index in [9.17, 15) is 4.79 Å². The van der Waals surface area contributed by atoms with E-state index in [0.717, 1.165) is 64.8 Å². The Morgan fingerprint density at radius 1 is 1.17 bits per heavy atom. The van der Waals surface area contributed by atoms with Gasteiger partial charge in [0.25, 0.3) is 0 Å². The van der Waals surface area contributed by atoms with E-state index in [1.54, 1.807) is 0 Å². The number of esters is 1. The molecule has 0 unspecified atom stereocenters. The maximum atomic E-state index is 12.0. The fraction of sp³-hybridized carbons (Fsp3) is 0.389. The van der Waals surface area contributed by atoms with Crippen molar-refractivity contribution in [1.29, 1.82) is 0 Å². The molecule has 0 bridgehead atoms. The largest absolute Gasteiger partial charge is 0.404 e. The minimum Gasteiger partial charge on any atom is -0.404 e. The monoisotopic (exact) mass is 328 g/mol. The third kappa shape index (κ3) is 2.70. The molecule has 5 heteroatoms. The summed E-state index contributed by atoms with van der Waals surface area (Å²) < 4.78 is 5.43. The molecule has 0 atom stereocenters. The Balaban J connectivity index is 2.10. The van der Waals surface area contributed by atoms with Crippen LogP contribution in [0.25, 0.3) is 0 Å². The van der Waals surface area contributed by atoms with Crippen molar-refractivity contribution in [3.63, 3.8) is 0 Å². The van der Waals surface area contributed by atoms with Crippen molar-refractivity contribution in [3.8, 4) is 0 Å². The molecule has 120 valence electrons. The van der Waals surface area contributed by atoms with Crippen LogP contribution in [0.15, 0.2) is 22.2 Å². The molecule has 0 saturated carbocycles. The smallest absolute Gasteiger partial charge is 0.341 e. The highest BCUT2D eigenvalue weighted by molar-refractivity contribution is 7.80. The van der Waals surface area contributed by atoms with Crippen molar-refractivity contribution in [3.05, 3.63) is 39.5 Å². The highest BCUT2D eigenvalue weighted by Crippen LogP contribution is 2.35. The Hall–Kier alpha value is -2.01. The van der Waals surface area contributed by atoms with Crippen molar-refractivity contribution < 1.29 is 9.53 Å². The van der Waals surface area contributed by atoms with Crippen LogP contribution < -0.4 is 5.73 Å². The molecule has 1 aromatic rings. The minimum atomic E-state index is -0.231. The molecule has 0 radical (unpaired) electrons. The summed E-state index contributed by atoms with van der Waals surface area (Å²) >= 11 is 5.11. The molecule has 1 aliphatic carbocycles. The molecule has 0 aromatic heterocycles. The third-order valence-electron chi connectivity index (χ3n) is 4.70. The number of carbonyl (C=O) groups excluding carboxylic acids is 1. The van der Waals surface area contributed by atoms with Gasteiger partial charge < -0.3 is 10.5 Å². The fourth-order valence-corrected chi connectivity index (χ4v) is 3.48. The van der Waals surface area contributed by atoms with Gasteiger partial charge >= 0.3 is 5.97 Å². The van der Waals surface area contributed by atoms with Gasteiger partial charge in [0.05, 0.1) is 5.69 Å². The highest BCUT2D eigenvalue weighted by Gasteiger charge is 2.32. The molecule has 2 aliphatic rings. The average Bonchev–Trinajstić information content (AvgIpc) is 2.84. The van der Waals surface area contributed by atoms with Gasteiger partial charge in [0.1, 0.15) is 4.99 Å². The van der Waals surface area contributed by atoms with E-state index in [1.165, 1.54) is 0 Å². The molecule has 1 heterocycles. The van der Waals surface area contributed by atoms with Gasteiger partial charge in [-0.25, -0.2) is 9.79 Å². The highest BCUT2D eigenvalue weighted by atomic mass is 32.1. The molecule has 1 aliphatic heterocycles. The lowest BCUT2D eigenvalue weighted by atomic mass is 9.93. The summed E-state index contributed by atoms with van der Waals surface area (Å²) in [5.41, 5.74) is 12.3. The number of ether oxygens (including phenoxy) is 1. The summed E-state index contributed by atoms with van der Waals surface area (Å²) in [6.07, 6.45) is 3.78. The van der Waals surface area contributed by atoms with Gasteiger partial charge in [-0.2, -0.15) is 0 Å². The van der Waals surface area contributed by atoms with E-state index in [4.69, 9.17) is 22.7 Å². The molecule has 0 fully saturated rings. The molecule has 0 spiro atoms. The summed E-state index contributed by atoms with van der Waals surface area (Å²) in [5, 5.41) is 0. The first kappa shape index (κ1) is 15.9. The zero-order valence-corrected chi connectivity index (χ0v) is 14.5. The summed E-state index contributed by atoms with van der Waals surface area (Å²) in [5.74, 6) is 0.239. The predicted molar refractivity (Wildman–Crippen MR) is 95.2 cm³/mol. The summed E-state index contributed by atoms with van der Waals surface area (Å²) in [6.45, 7) is 5.95. The number of nitrogens with zero attached hydrogens (tertiary/aromatic N) is 1. The minimum absolute atomic E-state index is 0.231. The van der Waals surface area contributed by atoms with E-state index in [1.807, 2.05) is 26.8 Å². The number of hydrogen-bond donors (Lipinski definition) is 1. The lowest BCUT2D eigenvalue weighted by Crippen LogP contribution is -2.12. The first-order chi connectivity index (χ1) is 10.9. The predicted octanol–water partition coefficient (Wildman–Crippen LogP) is 3.70. The van der Waals surface area contributed by atoms with Crippen molar-refractivity contribution >= 4 is 34.8 Å².